The van der Waals surface area contributed by atoms with E-state index in [1.54, 1.807) is 6.07 Å². The van der Waals surface area contributed by atoms with Gasteiger partial charge in [-0.05, 0) is 44.0 Å². The fourth-order valence-electron chi connectivity index (χ4n) is 2.60. The first-order valence-electron chi connectivity index (χ1n) is 7.03. The Morgan fingerprint density at radius 2 is 2.20 bits per heavy atom. The molecule has 1 N–H and O–H groups in total. The van der Waals surface area contributed by atoms with Crippen molar-refractivity contribution in [2.75, 3.05) is 13.1 Å². The van der Waals surface area contributed by atoms with Gasteiger partial charge in [0.2, 0.25) is 5.91 Å². The van der Waals surface area contributed by atoms with Gasteiger partial charge in [-0.2, -0.15) is 0 Å². The van der Waals surface area contributed by atoms with Gasteiger partial charge in [0, 0.05) is 16.6 Å². The number of nitrogens with zero attached hydrogens (tertiary/aromatic N) is 1. The van der Waals surface area contributed by atoms with E-state index in [1.807, 2.05) is 24.0 Å². The number of nitrogens with one attached hydrogen (secondary N) is 1. The van der Waals surface area contributed by atoms with Crippen LogP contribution in [-0.4, -0.2) is 29.9 Å². The van der Waals surface area contributed by atoms with E-state index in [2.05, 4.69) is 12.2 Å². The van der Waals surface area contributed by atoms with Gasteiger partial charge in [0.1, 0.15) is 0 Å². The first-order valence-corrected chi connectivity index (χ1v) is 7.79. The minimum atomic E-state index is -0.0523. The van der Waals surface area contributed by atoms with Crippen LogP contribution in [0, 0.1) is 0 Å². The normalized spacial score (nSPS) is 20.5. The van der Waals surface area contributed by atoms with Crippen molar-refractivity contribution in [1.29, 1.82) is 0 Å². The number of benzene rings is 1. The lowest BCUT2D eigenvalue weighted by atomic mass is 10.1. The van der Waals surface area contributed by atoms with Crippen molar-refractivity contribution in [2.24, 2.45) is 0 Å². The molecule has 0 radical (unpaired) electrons. The minimum Gasteiger partial charge on any atom is -0.334 e. The summed E-state index contributed by atoms with van der Waals surface area (Å²) in [6.45, 7) is 5.75. The summed E-state index contributed by atoms with van der Waals surface area (Å²) in [5.74, 6) is 0.164. The van der Waals surface area contributed by atoms with E-state index >= 15 is 0 Å². The molecule has 1 aliphatic rings. The molecule has 1 heterocycles. The molecule has 5 heteroatoms. The fraction of sp³-hybridized carbons (Fsp3) is 0.533. The molecule has 20 heavy (non-hydrogen) atoms. The predicted octanol–water partition coefficient (Wildman–Crippen LogP) is 3.65. The monoisotopic (exact) mass is 314 g/mol. The van der Waals surface area contributed by atoms with Crippen LogP contribution in [0.25, 0.3) is 0 Å². The maximum absolute atomic E-state index is 12.4. The Balaban J connectivity index is 2.10. The van der Waals surface area contributed by atoms with E-state index in [0.717, 1.165) is 31.5 Å². The molecule has 0 bridgehead atoms. The summed E-state index contributed by atoms with van der Waals surface area (Å²) in [5.41, 5.74) is 0.945. The quantitative estimate of drug-likeness (QED) is 0.899. The van der Waals surface area contributed by atoms with Gasteiger partial charge < -0.3 is 10.2 Å². The molecule has 1 saturated heterocycles. The lowest BCUT2D eigenvalue weighted by Crippen LogP contribution is -2.39. The fourth-order valence-corrected chi connectivity index (χ4v) is 3.17. The second kappa shape index (κ2) is 6.79. The van der Waals surface area contributed by atoms with Gasteiger partial charge in [-0.3, -0.25) is 4.79 Å². The SMILES string of the molecule is CCCNC1CCN(C(C)c2ccc(Cl)cc2Cl)C1=O. The van der Waals surface area contributed by atoms with Crippen molar-refractivity contribution in [3.63, 3.8) is 0 Å². The second-order valence-corrected chi connectivity index (χ2v) is 6.01. The Labute approximate surface area is 130 Å². The smallest absolute Gasteiger partial charge is 0.240 e. The van der Waals surface area contributed by atoms with Gasteiger partial charge in [0.25, 0.3) is 0 Å². The van der Waals surface area contributed by atoms with E-state index in [1.165, 1.54) is 0 Å². The van der Waals surface area contributed by atoms with Crippen LogP contribution in [0.15, 0.2) is 18.2 Å². The topological polar surface area (TPSA) is 32.3 Å². The maximum atomic E-state index is 12.4. The Bertz CT molecular complexity index is 493. The van der Waals surface area contributed by atoms with E-state index in [0.29, 0.717) is 10.0 Å². The van der Waals surface area contributed by atoms with Crippen LogP contribution in [0.1, 0.15) is 38.3 Å². The van der Waals surface area contributed by atoms with Crippen LogP contribution in [-0.2, 0) is 4.79 Å². The number of hydrogen-bond acceptors (Lipinski definition) is 2. The van der Waals surface area contributed by atoms with Gasteiger partial charge in [-0.25, -0.2) is 0 Å². The van der Waals surface area contributed by atoms with E-state index in [4.69, 9.17) is 23.2 Å². The zero-order valence-electron chi connectivity index (χ0n) is 11.8. The predicted molar refractivity (Wildman–Crippen MR) is 83.3 cm³/mol. The first-order chi connectivity index (χ1) is 9.54. The van der Waals surface area contributed by atoms with Crippen molar-refractivity contribution >= 4 is 29.1 Å². The average molecular weight is 315 g/mol. The lowest BCUT2D eigenvalue weighted by Gasteiger charge is -2.26. The van der Waals surface area contributed by atoms with Crippen LogP contribution in [0.5, 0.6) is 0 Å². The molecule has 0 aliphatic carbocycles. The average Bonchev–Trinajstić information content (AvgIpc) is 2.77. The number of rotatable bonds is 5. The Morgan fingerprint density at radius 3 is 2.85 bits per heavy atom. The van der Waals surface area contributed by atoms with Crippen molar-refractivity contribution in [3.05, 3.63) is 33.8 Å². The molecule has 0 saturated carbocycles. The van der Waals surface area contributed by atoms with Gasteiger partial charge >= 0.3 is 0 Å². The molecule has 3 nitrogen and oxygen atoms in total. The summed E-state index contributed by atoms with van der Waals surface area (Å²) < 4.78 is 0. The Morgan fingerprint density at radius 1 is 1.45 bits per heavy atom. The highest BCUT2D eigenvalue weighted by atomic mass is 35.5. The third-order valence-electron chi connectivity index (χ3n) is 3.76. The highest BCUT2D eigenvalue weighted by Gasteiger charge is 2.34. The summed E-state index contributed by atoms with van der Waals surface area (Å²) in [6.07, 6.45) is 1.89. The number of carbonyl (C=O) groups is 1. The summed E-state index contributed by atoms with van der Waals surface area (Å²) in [4.78, 5) is 14.3. The third-order valence-corrected chi connectivity index (χ3v) is 4.32. The van der Waals surface area contributed by atoms with Crippen molar-refractivity contribution in [2.45, 2.75) is 38.8 Å². The molecule has 1 amide bonds. The van der Waals surface area contributed by atoms with Crippen LogP contribution in [0.3, 0.4) is 0 Å². The van der Waals surface area contributed by atoms with Crippen molar-refractivity contribution < 1.29 is 4.79 Å². The van der Waals surface area contributed by atoms with E-state index in [9.17, 15) is 4.79 Å². The molecule has 1 aromatic carbocycles. The lowest BCUT2D eigenvalue weighted by molar-refractivity contribution is -0.131. The number of halogens is 2. The highest BCUT2D eigenvalue weighted by Crippen LogP contribution is 2.32. The largest absolute Gasteiger partial charge is 0.334 e. The van der Waals surface area contributed by atoms with Crippen LogP contribution in [0.2, 0.25) is 10.0 Å². The summed E-state index contributed by atoms with van der Waals surface area (Å²) in [6, 6.07) is 5.36. The molecule has 2 rings (SSSR count). The molecule has 1 aliphatic heterocycles. The van der Waals surface area contributed by atoms with Crippen molar-refractivity contribution in [1.82, 2.24) is 10.2 Å². The third kappa shape index (κ3) is 3.27. The van der Waals surface area contributed by atoms with Gasteiger partial charge in [0.15, 0.2) is 0 Å². The zero-order valence-corrected chi connectivity index (χ0v) is 13.3. The van der Waals surface area contributed by atoms with Crippen LogP contribution in [0.4, 0.5) is 0 Å². The number of hydrogen-bond donors (Lipinski definition) is 1. The molecule has 2 unspecified atom stereocenters. The maximum Gasteiger partial charge on any atom is 0.240 e. The number of likely N-dealkylation sites (tertiary alicyclic amines) is 1. The number of carbonyl (C=O) groups excluding carboxylic acids is 1. The molecular formula is C15H20Cl2N2O. The second-order valence-electron chi connectivity index (χ2n) is 5.17. The van der Waals surface area contributed by atoms with Crippen molar-refractivity contribution in [3.8, 4) is 0 Å². The van der Waals surface area contributed by atoms with Crippen LogP contribution < -0.4 is 5.32 Å². The highest BCUT2D eigenvalue weighted by molar-refractivity contribution is 6.35. The molecule has 2 atom stereocenters. The van der Waals surface area contributed by atoms with E-state index in [-0.39, 0.29) is 18.0 Å². The molecular weight excluding hydrogens is 295 g/mol. The first kappa shape index (κ1) is 15.6. The van der Waals surface area contributed by atoms with Gasteiger partial charge in [-0.1, -0.05) is 36.2 Å². The standard InChI is InChI=1S/C15H20Cl2N2O/c1-3-7-18-14-6-8-19(15(14)20)10(2)12-5-4-11(16)9-13(12)17/h4-5,9-10,14,18H,3,6-8H2,1-2H3. The summed E-state index contributed by atoms with van der Waals surface area (Å²) in [7, 11) is 0. The van der Waals surface area contributed by atoms with Gasteiger partial charge in [0.05, 0.1) is 12.1 Å². The number of amides is 1. The molecule has 0 spiro atoms. The molecule has 1 fully saturated rings. The zero-order chi connectivity index (χ0) is 14.7. The molecule has 0 aromatic heterocycles. The van der Waals surface area contributed by atoms with Gasteiger partial charge in [-0.15, -0.1) is 0 Å². The summed E-state index contributed by atoms with van der Waals surface area (Å²) in [5, 5.41) is 4.52. The summed E-state index contributed by atoms with van der Waals surface area (Å²) >= 11 is 12.1. The Kier molecular flexibility index (Phi) is 5.30. The molecule has 1 aromatic rings. The Hall–Kier alpha value is -0.770. The van der Waals surface area contributed by atoms with E-state index < -0.39 is 0 Å². The minimum absolute atomic E-state index is 0.0271. The van der Waals surface area contributed by atoms with Crippen LogP contribution >= 0.6 is 23.2 Å². The molecule has 110 valence electrons.